The zero-order chi connectivity index (χ0) is 111. The zero-order valence-corrected chi connectivity index (χ0v) is 97.3. The highest BCUT2D eigenvalue weighted by atomic mass is 32.2. The molecule has 1 saturated carbocycles. The number of carbonyl (C=O) groups excluding carboxylic acids is 17. The first-order valence-corrected chi connectivity index (χ1v) is 63.2. The van der Waals surface area contributed by atoms with Crippen molar-refractivity contribution < 1.29 is 162 Å². The Kier molecular flexibility index (Phi) is 76.6. The smallest absolute Gasteiger partial charge is 0.407 e. The van der Waals surface area contributed by atoms with Gasteiger partial charge in [0.2, 0.25) is 0 Å². The lowest BCUT2D eigenvalue weighted by Crippen LogP contribution is -2.38. The molecule has 1 aromatic rings. The van der Waals surface area contributed by atoms with Crippen LogP contribution >= 0.6 is 141 Å². The molecule has 0 spiro atoms. The lowest BCUT2D eigenvalue weighted by Gasteiger charge is -2.34. The number of nitrogens with one attached hydrogen (secondary N) is 1. The van der Waals surface area contributed by atoms with Crippen LogP contribution in [0.25, 0.3) is 0 Å². The van der Waals surface area contributed by atoms with E-state index in [1.807, 2.05) is 65.7 Å². The number of hydrogen-bond donors (Lipinski definition) is 1. The summed E-state index contributed by atoms with van der Waals surface area (Å²) in [7, 11) is 0. The summed E-state index contributed by atoms with van der Waals surface area (Å²) >= 11 is 21.8. The second-order valence-corrected chi connectivity index (χ2v) is 48.8. The third-order valence-corrected chi connectivity index (χ3v) is 35.6. The summed E-state index contributed by atoms with van der Waals surface area (Å²) in [5, 5.41) is 3.84. The van der Waals surface area contributed by atoms with E-state index in [1.54, 1.807) is 114 Å². The quantitative estimate of drug-likeness (QED) is 0.0274. The molecule has 150 heavy (non-hydrogen) atoms. The molecule has 7 fully saturated rings. The number of fused-ring (bicyclic) bond motifs is 1. The monoisotopic (exact) mass is 2330 g/mol. The minimum Gasteiger partial charge on any atom is -0.462 e. The van der Waals surface area contributed by atoms with Crippen LogP contribution in [0.3, 0.4) is 0 Å². The Hall–Kier alpha value is -7.35. The van der Waals surface area contributed by atoms with Gasteiger partial charge in [0.15, 0.2) is 0 Å². The fraction of sp³-hybridized carbons (Fsp3) is 0.660. The maximum absolute atomic E-state index is 12.6. The molecular formula is C103H151NO34S12. The van der Waals surface area contributed by atoms with Crippen molar-refractivity contribution in [1.29, 1.82) is 0 Å². The van der Waals surface area contributed by atoms with Crippen LogP contribution in [-0.2, 0) is 148 Å². The van der Waals surface area contributed by atoms with E-state index in [4.69, 9.17) is 80.5 Å². The number of esters is 16. The SMILES string of the molecule is C=C(C)C(=O)OCCNC(=O)OC1CSCCCSC1.C=C(C)C(=O)OCCOC(=O)CCC(=O)OC1(C)CSCCCSC1.C=C(C)C(=O)OCCOC(=O)CCC(=O)OC1CSCC2CCCCC2SC1.C=C(C)C(=O)OCCOC(=O)CCC(=O)OC1CSCCC(C)SC1.C=C(C)C(=O)OCCOC(=O)CCC(=O)OC1CSCCCSC1.C=C(C)C(=O)OCCOC(=O)c1ccccc1C(=O)OC1CSCCCSC1. The van der Waals surface area contributed by atoms with Gasteiger partial charge in [0.1, 0.15) is 109 Å². The highest BCUT2D eigenvalue weighted by molar-refractivity contribution is 8.03. The van der Waals surface area contributed by atoms with E-state index >= 15 is 0 Å². The van der Waals surface area contributed by atoms with Crippen molar-refractivity contribution in [2.75, 3.05) is 206 Å². The molecule has 1 amide bonds. The fourth-order valence-electron chi connectivity index (χ4n) is 12.5. The summed E-state index contributed by atoms with van der Waals surface area (Å²) in [4.78, 5) is 198. The fourth-order valence-corrected chi connectivity index (χ4v) is 27.3. The molecule has 5 atom stereocenters. The number of alkyl carbamates (subject to hydrolysis) is 1. The number of ether oxygens (including phenoxy) is 17. The molecule has 6 saturated heterocycles. The average Bonchev–Trinajstić information content (AvgIpc) is 0.840. The highest BCUT2D eigenvalue weighted by Crippen LogP contribution is 2.39. The normalized spacial score (nSPS) is 18.4. The van der Waals surface area contributed by atoms with Crippen molar-refractivity contribution >= 4 is 243 Å². The maximum atomic E-state index is 12.6. The van der Waals surface area contributed by atoms with Crippen molar-refractivity contribution in [2.45, 2.75) is 211 Å². The van der Waals surface area contributed by atoms with Gasteiger partial charge in [-0.2, -0.15) is 141 Å². The minimum absolute atomic E-state index is 0.00226. The number of amides is 1. The number of hydrogen-bond acceptors (Lipinski definition) is 46. The summed E-state index contributed by atoms with van der Waals surface area (Å²) in [6, 6.07) is 6.38. The lowest BCUT2D eigenvalue weighted by atomic mass is 9.90. The molecule has 6 aliphatic heterocycles. The Morgan fingerprint density at radius 2 is 0.593 bits per heavy atom. The van der Waals surface area contributed by atoms with E-state index in [1.165, 1.54) is 85.1 Å². The molecule has 1 N–H and O–H groups in total. The van der Waals surface area contributed by atoms with E-state index in [9.17, 15) is 81.5 Å². The van der Waals surface area contributed by atoms with Crippen LogP contribution in [0.4, 0.5) is 4.79 Å². The first-order chi connectivity index (χ1) is 71.7. The van der Waals surface area contributed by atoms with Crippen LogP contribution in [0.15, 0.2) is 97.2 Å². The summed E-state index contributed by atoms with van der Waals surface area (Å²) in [5.41, 5.74) is 1.57. The van der Waals surface area contributed by atoms with Crippen LogP contribution in [0.1, 0.15) is 185 Å². The van der Waals surface area contributed by atoms with Gasteiger partial charge in [-0.15, -0.1) is 0 Å². The molecule has 0 radical (unpaired) electrons. The molecule has 5 unspecified atom stereocenters. The minimum atomic E-state index is -0.666. The van der Waals surface area contributed by atoms with E-state index in [0.717, 1.165) is 139 Å². The number of rotatable bonds is 44. The van der Waals surface area contributed by atoms with Gasteiger partial charge in [-0.3, -0.25) is 38.4 Å². The Morgan fingerprint density at radius 1 is 0.300 bits per heavy atom. The van der Waals surface area contributed by atoms with Gasteiger partial charge in [-0.25, -0.2) is 43.2 Å². The summed E-state index contributed by atoms with van der Waals surface area (Å²) in [5.74, 6) is 13.4. The van der Waals surface area contributed by atoms with Crippen molar-refractivity contribution in [2.24, 2.45) is 5.92 Å². The van der Waals surface area contributed by atoms with Crippen molar-refractivity contribution in [3.8, 4) is 0 Å². The molecule has 47 heteroatoms. The number of benzene rings is 1. The molecule has 1 aromatic carbocycles. The van der Waals surface area contributed by atoms with E-state index < -0.39 is 89.3 Å². The second kappa shape index (κ2) is 84.0. The van der Waals surface area contributed by atoms with Crippen LogP contribution in [-0.4, -0.2) is 354 Å². The van der Waals surface area contributed by atoms with Crippen molar-refractivity contribution in [3.05, 3.63) is 108 Å². The highest BCUT2D eigenvalue weighted by Gasteiger charge is 2.34. The molecule has 844 valence electrons. The van der Waals surface area contributed by atoms with Crippen LogP contribution in [0, 0.1) is 5.92 Å². The predicted molar refractivity (Wildman–Crippen MR) is 600 cm³/mol. The molecule has 35 nitrogen and oxygen atoms in total. The van der Waals surface area contributed by atoms with Gasteiger partial charge in [-0.05, 0) is 169 Å². The number of carbonyl (C=O) groups is 17. The van der Waals surface area contributed by atoms with Crippen molar-refractivity contribution in [1.82, 2.24) is 5.32 Å². The predicted octanol–water partition coefficient (Wildman–Crippen LogP) is 16.2. The number of thioether (sulfide) groups is 12. The van der Waals surface area contributed by atoms with Crippen molar-refractivity contribution in [3.63, 3.8) is 0 Å². The van der Waals surface area contributed by atoms with Gasteiger partial charge >= 0.3 is 102 Å². The Labute approximate surface area is 933 Å². The van der Waals surface area contributed by atoms with Gasteiger partial charge in [-0.1, -0.05) is 71.4 Å². The maximum Gasteiger partial charge on any atom is 0.407 e. The Morgan fingerprint density at radius 3 is 0.973 bits per heavy atom. The van der Waals surface area contributed by atoms with Gasteiger partial charge < -0.3 is 85.8 Å². The third kappa shape index (κ3) is 69.5. The third-order valence-electron chi connectivity index (χ3n) is 20.3. The van der Waals surface area contributed by atoms with Gasteiger partial charge in [0.05, 0.1) is 69.0 Å². The molecule has 8 rings (SSSR count). The van der Waals surface area contributed by atoms with Gasteiger partial charge in [0, 0.05) is 113 Å². The Balaban J connectivity index is 0.000000463. The van der Waals surface area contributed by atoms with Gasteiger partial charge in [0.25, 0.3) is 0 Å². The van der Waals surface area contributed by atoms with Crippen LogP contribution < -0.4 is 5.32 Å². The topological polar surface area (TPSA) is 459 Å². The molecule has 0 bridgehead atoms. The standard InChI is InChI=1S/C20H24O6S2.C20H30O6S2.2C17H26O6S2.C16H24O6S2.C13H21NO4S2/c1-14(2)18(21)24-8-9-25-19(22)16-6-3-4-7-17(16)20(23)26-15-12-27-10-5-11-28-13-15;1-14(2)20(23)25-10-9-24-18(21)7-8-19(22)26-16-12-27-11-15-5-3-4-6-17(15)28-13-16;1-13(2)16(20)22-8-7-21-14(18)5-6-15(19)23-17(3)11-24-9-4-10-25-12-17;1-12(2)17(20)22-8-7-21-15(18)4-5-16(19)23-14-10-24-9-6-13(3)25-11-14;1-12(2)16(19)21-7-6-20-14(17)4-5-15(18)22-13-10-23-8-3-9-24-11-13;1-10(2)12(15)17-5-4-14-13(16)18-11-8-19-6-3-7-20-9-11/h3-4,6-7,15H,1,5,8-13H2,2H3;15-17H,1,3-13H2,2H3;1,4-12H2,2-3H3;13-14H,1,4-11H2,2-3H3;13H,1,3-11H2,2H3;11H,1,3-9H2,2H3,(H,14,16). The largest absolute Gasteiger partial charge is 0.462 e. The van der Waals surface area contributed by atoms with Crippen LogP contribution in [0.5, 0.6) is 0 Å². The molecule has 7 aliphatic rings. The summed E-state index contributed by atoms with van der Waals surface area (Å²) < 4.78 is 86.7. The zero-order valence-electron chi connectivity index (χ0n) is 87.5. The average molecular weight is 2330 g/mol. The lowest BCUT2D eigenvalue weighted by molar-refractivity contribution is -0.158. The summed E-state index contributed by atoms with van der Waals surface area (Å²) in [6.45, 7) is 34.0. The first kappa shape index (κ1) is 137. The van der Waals surface area contributed by atoms with E-state index in [-0.39, 0.29) is 212 Å². The van der Waals surface area contributed by atoms with E-state index in [0.29, 0.717) is 21.6 Å². The first-order valence-electron chi connectivity index (χ1n) is 49.5. The molecular weight excluding hydrogens is 2180 g/mol. The summed E-state index contributed by atoms with van der Waals surface area (Å²) in [6.07, 6.45) is 9.94. The van der Waals surface area contributed by atoms with E-state index in [2.05, 4.69) is 51.7 Å². The second-order valence-electron chi connectivity index (χ2n) is 34.7. The van der Waals surface area contributed by atoms with Crippen LogP contribution in [0.2, 0.25) is 0 Å². The Bertz CT molecular complexity index is 4410. The molecule has 1 aliphatic carbocycles. The molecule has 6 heterocycles. The molecule has 0 aromatic heterocycles.